The zero-order valence-corrected chi connectivity index (χ0v) is 9.83. The van der Waals surface area contributed by atoms with E-state index in [2.05, 4.69) is 12.1 Å². The van der Waals surface area contributed by atoms with Crippen LogP contribution in [0.3, 0.4) is 0 Å². The third-order valence-corrected chi connectivity index (χ3v) is 3.01. The van der Waals surface area contributed by atoms with Gasteiger partial charge in [0, 0.05) is 12.9 Å². The molecule has 0 saturated carbocycles. The second-order valence-electron chi connectivity index (χ2n) is 3.25. The number of rotatable bonds is 5. The Balaban J connectivity index is 2.39. The fourth-order valence-corrected chi connectivity index (χ4v) is 1.94. The lowest BCUT2D eigenvalue weighted by Gasteiger charge is -2.08. The van der Waals surface area contributed by atoms with Gasteiger partial charge in [0.2, 0.25) is 0 Å². The van der Waals surface area contributed by atoms with Gasteiger partial charge >= 0.3 is 0 Å². The number of thioether (sulfide) groups is 1. The van der Waals surface area contributed by atoms with Crippen LogP contribution in [0.1, 0.15) is 12.5 Å². The first kappa shape index (κ1) is 12.3. The van der Waals surface area contributed by atoms with Crippen LogP contribution in [-0.2, 0) is 10.5 Å². The van der Waals surface area contributed by atoms with Crippen molar-refractivity contribution < 1.29 is 9.84 Å². The highest BCUT2D eigenvalue weighted by molar-refractivity contribution is 8.01. The Morgan fingerprint density at radius 3 is 2.73 bits per heavy atom. The van der Waals surface area contributed by atoms with Crippen LogP contribution in [0.15, 0.2) is 41.3 Å². The standard InChI is InChI=1S/C12H16O2S/c1-10(12(13)14-2)8-15-9-11-6-4-3-5-7-11/h3-8,12-13H,9H2,1-2H3/b10-8+. The summed E-state index contributed by atoms with van der Waals surface area (Å²) in [5, 5.41) is 11.3. The van der Waals surface area contributed by atoms with Crippen molar-refractivity contribution in [3.63, 3.8) is 0 Å². The van der Waals surface area contributed by atoms with Crippen LogP contribution in [-0.4, -0.2) is 18.5 Å². The second kappa shape index (κ2) is 6.67. The molecule has 1 atom stereocenters. The molecule has 0 aromatic heterocycles. The van der Waals surface area contributed by atoms with Gasteiger partial charge in [-0.15, -0.1) is 11.8 Å². The third-order valence-electron chi connectivity index (χ3n) is 1.97. The molecule has 1 aromatic carbocycles. The van der Waals surface area contributed by atoms with Gasteiger partial charge in [0.05, 0.1) is 0 Å². The van der Waals surface area contributed by atoms with Gasteiger partial charge in [0.25, 0.3) is 0 Å². The van der Waals surface area contributed by atoms with Crippen molar-refractivity contribution >= 4 is 11.8 Å². The van der Waals surface area contributed by atoms with E-state index >= 15 is 0 Å². The number of hydrogen-bond acceptors (Lipinski definition) is 3. The average molecular weight is 224 g/mol. The van der Waals surface area contributed by atoms with Gasteiger partial charge in [0.1, 0.15) is 0 Å². The summed E-state index contributed by atoms with van der Waals surface area (Å²) in [6, 6.07) is 10.2. The zero-order chi connectivity index (χ0) is 11.1. The fraction of sp³-hybridized carbons (Fsp3) is 0.333. The van der Waals surface area contributed by atoms with Gasteiger partial charge in [-0.2, -0.15) is 0 Å². The maximum Gasteiger partial charge on any atom is 0.177 e. The van der Waals surface area contributed by atoms with E-state index in [0.717, 1.165) is 11.3 Å². The second-order valence-corrected chi connectivity index (χ2v) is 4.10. The van der Waals surface area contributed by atoms with Crippen LogP contribution in [0.5, 0.6) is 0 Å². The molecular weight excluding hydrogens is 208 g/mol. The Bertz CT molecular complexity index is 309. The van der Waals surface area contributed by atoms with E-state index < -0.39 is 6.29 Å². The van der Waals surface area contributed by atoms with E-state index in [0.29, 0.717) is 0 Å². The van der Waals surface area contributed by atoms with Crippen molar-refractivity contribution in [1.82, 2.24) is 0 Å². The predicted octanol–water partition coefficient (Wildman–Crippen LogP) is 2.79. The first-order chi connectivity index (χ1) is 7.24. The number of methoxy groups -OCH3 is 1. The minimum Gasteiger partial charge on any atom is -0.364 e. The summed E-state index contributed by atoms with van der Waals surface area (Å²) in [7, 11) is 1.49. The first-order valence-corrected chi connectivity index (χ1v) is 5.82. The van der Waals surface area contributed by atoms with E-state index in [9.17, 15) is 5.11 Å². The molecule has 0 aliphatic heterocycles. The largest absolute Gasteiger partial charge is 0.364 e. The molecule has 1 aromatic rings. The number of ether oxygens (including phenoxy) is 1. The highest BCUT2D eigenvalue weighted by atomic mass is 32.2. The topological polar surface area (TPSA) is 29.5 Å². The van der Waals surface area contributed by atoms with Gasteiger partial charge < -0.3 is 9.84 Å². The van der Waals surface area contributed by atoms with Crippen LogP contribution < -0.4 is 0 Å². The lowest BCUT2D eigenvalue weighted by molar-refractivity contribution is -0.0443. The van der Waals surface area contributed by atoms with Gasteiger partial charge in [-0.3, -0.25) is 0 Å². The van der Waals surface area contributed by atoms with Crippen molar-refractivity contribution in [2.75, 3.05) is 7.11 Å². The molecule has 0 aliphatic carbocycles. The molecule has 0 radical (unpaired) electrons. The minimum absolute atomic E-state index is 0.784. The lowest BCUT2D eigenvalue weighted by Crippen LogP contribution is -2.09. The SMILES string of the molecule is COC(O)/C(C)=C/SCc1ccccc1. The number of hydrogen-bond donors (Lipinski definition) is 1. The Morgan fingerprint density at radius 2 is 2.13 bits per heavy atom. The molecule has 3 heteroatoms. The number of aliphatic hydroxyl groups excluding tert-OH is 1. The molecule has 1 unspecified atom stereocenters. The fourth-order valence-electron chi connectivity index (χ4n) is 1.09. The molecule has 1 N–H and O–H groups in total. The van der Waals surface area contributed by atoms with Crippen LogP contribution in [0.2, 0.25) is 0 Å². The summed E-state index contributed by atoms with van der Waals surface area (Å²) < 4.78 is 4.79. The van der Waals surface area contributed by atoms with Crippen molar-refractivity contribution in [1.29, 1.82) is 0 Å². The maximum absolute atomic E-state index is 9.32. The molecule has 0 fully saturated rings. The normalized spacial score (nSPS) is 13.9. The van der Waals surface area contributed by atoms with Crippen LogP contribution in [0.25, 0.3) is 0 Å². The van der Waals surface area contributed by atoms with Gasteiger partial charge in [0.15, 0.2) is 6.29 Å². The molecule has 0 amide bonds. The molecule has 0 bridgehead atoms. The predicted molar refractivity (Wildman–Crippen MR) is 64.5 cm³/mol. The van der Waals surface area contributed by atoms with Crippen molar-refractivity contribution in [3.05, 3.63) is 46.9 Å². The monoisotopic (exact) mass is 224 g/mol. The van der Waals surface area contributed by atoms with Crippen LogP contribution in [0.4, 0.5) is 0 Å². The van der Waals surface area contributed by atoms with E-state index in [1.807, 2.05) is 30.5 Å². The summed E-state index contributed by atoms with van der Waals surface area (Å²) >= 11 is 1.66. The summed E-state index contributed by atoms with van der Waals surface area (Å²) in [6.45, 7) is 1.85. The van der Waals surface area contributed by atoms with Crippen LogP contribution in [0, 0.1) is 0 Å². The Kier molecular flexibility index (Phi) is 5.47. The highest BCUT2D eigenvalue weighted by Gasteiger charge is 2.02. The highest BCUT2D eigenvalue weighted by Crippen LogP contribution is 2.16. The quantitative estimate of drug-likeness (QED) is 0.780. The van der Waals surface area contributed by atoms with Crippen molar-refractivity contribution in [3.8, 4) is 0 Å². The smallest absolute Gasteiger partial charge is 0.177 e. The molecule has 1 rings (SSSR count). The summed E-state index contributed by atoms with van der Waals surface area (Å²) in [4.78, 5) is 0. The van der Waals surface area contributed by atoms with Gasteiger partial charge in [-0.1, -0.05) is 30.3 Å². The average Bonchev–Trinajstić information content (AvgIpc) is 2.29. The van der Waals surface area contributed by atoms with Crippen molar-refractivity contribution in [2.24, 2.45) is 0 Å². The van der Waals surface area contributed by atoms with E-state index in [1.54, 1.807) is 11.8 Å². The molecule has 0 aliphatic rings. The molecular formula is C12H16O2S. The Morgan fingerprint density at radius 1 is 1.47 bits per heavy atom. The molecule has 0 spiro atoms. The minimum atomic E-state index is -0.784. The zero-order valence-electron chi connectivity index (χ0n) is 9.01. The van der Waals surface area contributed by atoms with Gasteiger partial charge in [-0.25, -0.2) is 0 Å². The van der Waals surface area contributed by atoms with Crippen LogP contribution >= 0.6 is 11.8 Å². The number of benzene rings is 1. The lowest BCUT2D eigenvalue weighted by atomic mass is 10.2. The summed E-state index contributed by atoms with van der Waals surface area (Å²) in [5.74, 6) is 0.911. The van der Waals surface area contributed by atoms with Gasteiger partial charge in [-0.05, 0) is 23.5 Å². The van der Waals surface area contributed by atoms with E-state index in [-0.39, 0.29) is 0 Å². The third kappa shape index (κ3) is 4.51. The van der Waals surface area contributed by atoms with Crippen molar-refractivity contribution in [2.45, 2.75) is 19.0 Å². The molecule has 2 nitrogen and oxygen atoms in total. The molecule has 82 valence electrons. The molecule has 0 saturated heterocycles. The molecule has 0 heterocycles. The first-order valence-electron chi connectivity index (χ1n) is 4.77. The Hall–Kier alpha value is -0.770. The summed E-state index contributed by atoms with van der Waals surface area (Å²) in [5.41, 5.74) is 2.11. The van der Waals surface area contributed by atoms with E-state index in [4.69, 9.17) is 4.74 Å². The summed E-state index contributed by atoms with van der Waals surface area (Å²) in [6.07, 6.45) is -0.784. The van der Waals surface area contributed by atoms with E-state index in [1.165, 1.54) is 12.7 Å². The molecule has 15 heavy (non-hydrogen) atoms. The maximum atomic E-state index is 9.32. The number of aliphatic hydroxyl groups is 1. The Labute approximate surface area is 95.0 Å².